The number of hydrogen-bond acceptors (Lipinski definition) is 1. The van der Waals surface area contributed by atoms with Crippen molar-refractivity contribution >= 4 is 11.8 Å². The van der Waals surface area contributed by atoms with Crippen molar-refractivity contribution in [1.29, 1.82) is 0 Å². The van der Waals surface area contributed by atoms with Crippen molar-refractivity contribution in [2.45, 2.75) is 58.8 Å². The Morgan fingerprint density at radius 3 is 2.63 bits per heavy atom. The Morgan fingerprint density at radius 2 is 1.95 bits per heavy atom. The molecule has 0 heterocycles. The fourth-order valence-electron chi connectivity index (χ4n) is 2.92. The Balaban J connectivity index is 2.55. The van der Waals surface area contributed by atoms with Crippen LogP contribution in [0.2, 0.25) is 0 Å². The van der Waals surface area contributed by atoms with Gasteiger partial charge in [0.2, 0.25) is 0 Å². The maximum absolute atomic E-state index is 2.54. The second kappa shape index (κ2) is 10.6. The molecular weight excluding hydrogens is 248 g/mol. The van der Waals surface area contributed by atoms with Crippen LogP contribution >= 0.6 is 11.8 Å². The quantitative estimate of drug-likeness (QED) is 0.508. The molecule has 0 radical (unpaired) electrons. The summed E-state index contributed by atoms with van der Waals surface area (Å²) >= 11 is 1.96. The fraction of sp³-hybridized carbons (Fsp3) is 0.778. The average molecular weight is 281 g/mol. The Morgan fingerprint density at radius 1 is 1.16 bits per heavy atom. The van der Waals surface area contributed by atoms with Gasteiger partial charge < -0.3 is 0 Å². The summed E-state index contributed by atoms with van der Waals surface area (Å²) < 4.78 is 0. The van der Waals surface area contributed by atoms with E-state index in [4.69, 9.17) is 0 Å². The molecule has 0 aromatic carbocycles. The van der Waals surface area contributed by atoms with Gasteiger partial charge in [0.05, 0.1) is 0 Å². The molecule has 0 aromatic rings. The van der Waals surface area contributed by atoms with Crippen LogP contribution in [0.3, 0.4) is 0 Å². The van der Waals surface area contributed by atoms with Gasteiger partial charge in [-0.2, -0.15) is 11.8 Å². The first-order chi connectivity index (χ1) is 9.30. The molecule has 1 aliphatic rings. The van der Waals surface area contributed by atoms with Gasteiger partial charge in [0.15, 0.2) is 0 Å². The third-order valence-corrected chi connectivity index (χ3v) is 5.05. The maximum atomic E-state index is 2.54. The standard InChI is InChI=1S/C18H32S/c1-4-16(5-2)15-18-10-8-6-7-9-17(11-12-18)13-14-19-3/h7,9,11-12,16-18H,4-6,8,10,13-15H2,1-3H3/b9-7-,12-11?. The summed E-state index contributed by atoms with van der Waals surface area (Å²) in [6, 6.07) is 0. The van der Waals surface area contributed by atoms with Gasteiger partial charge in [-0.3, -0.25) is 0 Å². The Kier molecular flexibility index (Phi) is 9.42. The topological polar surface area (TPSA) is 0 Å². The predicted octanol–water partition coefficient (Wildman–Crippen LogP) is 6.09. The van der Waals surface area contributed by atoms with E-state index in [0.717, 1.165) is 11.8 Å². The Labute approximate surface area is 125 Å². The molecule has 0 aromatic heterocycles. The molecule has 1 heteroatoms. The molecule has 1 rings (SSSR count). The molecule has 2 unspecified atom stereocenters. The van der Waals surface area contributed by atoms with E-state index in [1.54, 1.807) is 0 Å². The van der Waals surface area contributed by atoms with Crippen LogP contribution in [-0.2, 0) is 0 Å². The Bertz CT molecular complexity index is 263. The fourth-order valence-corrected chi connectivity index (χ4v) is 3.43. The van der Waals surface area contributed by atoms with Crippen molar-refractivity contribution < 1.29 is 0 Å². The normalized spacial score (nSPS) is 25.9. The van der Waals surface area contributed by atoms with Crippen molar-refractivity contribution in [3.63, 3.8) is 0 Å². The van der Waals surface area contributed by atoms with Gasteiger partial charge in [-0.15, -0.1) is 0 Å². The molecule has 0 bridgehead atoms. The monoisotopic (exact) mass is 280 g/mol. The van der Waals surface area contributed by atoms with E-state index in [1.807, 2.05) is 11.8 Å². The number of thioether (sulfide) groups is 1. The largest absolute Gasteiger partial charge is 0.165 e. The molecule has 1 aliphatic carbocycles. The highest BCUT2D eigenvalue weighted by Crippen LogP contribution is 2.26. The van der Waals surface area contributed by atoms with E-state index >= 15 is 0 Å². The molecule has 110 valence electrons. The predicted molar refractivity (Wildman–Crippen MR) is 90.8 cm³/mol. The van der Waals surface area contributed by atoms with Crippen LogP contribution in [0.15, 0.2) is 24.3 Å². The first kappa shape index (κ1) is 16.9. The summed E-state index contributed by atoms with van der Waals surface area (Å²) in [5, 5.41) is 0. The van der Waals surface area contributed by atoms with E-state index < -0.39 is 0 Å². The van der Waals surface area contributed by atoms with Crippen molar-refractivity contribution in [3.05, 3.63) is 24.3 Å². The summed E-state index contributed by atoms with van der Waals surface area (Å²) in [6.45, 7) is 4.69. The first-order valence-corrected chi connectivity index (χ1v) is 9.53. The number of allylic oxidation sites excluding steroid dienone is 4. The molecular formula is C18H32S. The smallest absolute Gasteiger partial charge is 0.00456 e. The van der Waals surface area contributed by atoms with Gasteiger partial charge in [0, 0.05) is 0 Å². The maximum Gasteiger partial charge on any atom is -0.00456 e. The SMILES string of the molecule is CCC(CC)CC1C=CC(CCSC)/C=C\CCC1. The van der Waals surface area contributed by atoms with Crippen LogP contribution in [0.1, 0.15) is 58.8 Å². The molecule has 0 spiro atoms. The van der Waals surface area contributed by atoms with Gasteiger partial charge in [0.1, 0.15) is 0 Å². The van der Waals surface area contributed by atoms with E-state index in [2.05, 4.69) is 44.4 Å². The highest BCUT2D eigenvalue weighted by Gasteiger charge is 2.13. The lowest BCUT2D eigenvalue weighted by atomic mass is 9.87. The van der Waals surface area contributed by atoms with E-state index in [-0.39, 0.29) is 0 Å². The lowest BCUT2D eigenvalue weighted by Gasteiger charge is -2.19. The highest BCUT2D eigenvalue weighted by atomic mass is 32.2. The molecule has 0 saturated carbocycles. The summed E-state index contributed by atoms with van der Waals surface area (Å²) in [5.74, 6) is 3.70. The van der Waals surface area contributed by atoms with Gasteiger partial charge >= 0.3 is 0 Å². The molecule has 0 aliphatic heterocycles. The molecule has 0 nitrogen and oxygen atoms in total. The number of rotatable bonds is 7. The van der Waals surface area contributed by atoms with Crippen molar-refractivity contribution in [3.8, 4) is 0 Å². The van der Waals surface area contributed by atoms with Gasteiger partial charge in [-0.25, -0.2) is 0 Å². The van der Waals surface area contributed by atoms with Crippen molar-refractivity contribution in [2.24, 2.45) is 17.8 Å². The lowest BCUT2D eigenvalue weighted by molar-refractivity contribution is 0.376. The third-order valence-electron chi connectivity index (χ3n) is 4.41. The summed E-state index contributed by atoms with van der Waals surface area (Å²) in [4.78, 5) is 0. The van der Waals surface area contributed by atoms with E-state index in [0.29, 0.717) is 5.92 Å². The lowest BCUT2D eigenvalue weighted by Crippen LogP contribution is -2.06. The second-order valence-electron chi connectivity index (χ2n) is 5.87. The van der Waals surface area contributed by atoms with Crippen LogP contribution < -0.4 is 0 Å². The summed E-state index contributed by atoms with van der Waals surface area (Å²) in [7, 11) is 0. The van der Waals surface area contributed by atoms with Crippen LogP contribution in [0.25, 0.3) is 0 Å². The van der Waals surface area contributed by atoms with Crippen molar-refractivity contribution in [2.75, 3.05) is 12.0 Å². The van der Waals surface area contributed by atoms with E-state index in [9.17, 15) is 0 Å². The van der Waals surface area contributed by atoms with Crippen LogP contribution in [0.4, 0.5) is 0 Å². The minimum absolute atomic E-state index is 0.676. The Hall–Kier alpha value is -0.170. The van der Waals surface area contributed by atoms with Crippen LogP contribution in [0.5, 0.6) is 0 Å². The zero-order chi connectivity index (χ0) is 13.9. The second-order valence-corrected chi connectivity index (χ2v) is 6.85. The highest BCUT2D eigenvalue weighted by molar-refractivity contribution is 7.98. The zero-order valence-electron chi connectivity index (χ0n) is 13.1. The van der Waals surface area contributed by atoms with Gasteiger partial charge in [0.25, 0.3) is 0 Å². The zero-order valence-corrected chi connectivity index (χ0v) is 13.9. The number of hydrogen-bond donors (Lipinski definition) is 0. The van der Waals surface area contributed by atoms with E-state index in [1.165, 1.54) is 50.7 Å². The minimum atomic E-state index is 0.676. The van der Waals surface area contributed by atoms with Gasteiger partial charge in [-0.05, 0) is 61.9 Å². The first-order valence-electron chi connectivity index (χ1n) is 8.14. The average Bonchev–Trinajstić information content (AvgIpc) is 2.55. The van der Waals surface area contributed by atoms with Gasteiger partial charge in [-0.1, -0.05) is 51.0 Å². The molecule has 0 amide bonds. The molecule has 19 heavy (non-hydrogen) atoms. The molecule has 0 N–H and O–H groups in total. The molecule has 0 fully saturated rings. The molecule has 0 saturated heterocycles. The summed E-state index contributed by atoms with van der Waals surface area (Å²) in [6.07, 6.45) is 21.5. The summed E-state index contributed by atoms with van der Waals surface area (Å²) in [5.41, 5.74) is 0. The molecule has 2 atom stereocenters. The van der Waals surface area contributed by atoms with Crippen LogP contribution in [-0.4, -0.2) is 12.0 Å². The minimum Gasteiger partial charge on any atom is -0.165 e. The van der Waals surface area contributed by atoms with Crippen LogP contribution in [0, 0.1) is 17.8 Å². The van der Waals surface area contributed by atoms with Crippen molar-refractivity contribution in [1.82, 2.24) is 0 Å². The third kappa shape index (κ3) is 7.25.